The molecule has 0 aliphatic carbocycles. The Morgan fingerprint density at radius 1 is 1.12 bits per heavy atom. The summed E-state index contributed by atoms with van der Waals surface area (Å²) in [4.78, 5) is 9.83. The van der Waals surface area contributed by atoms with Gasteiger partial charge in [-0.3, -0.25) is 14.8 Å². The van der Waals surface area contributed by atoms with Gasteiger partial charge in [0.2, 0.25) is 0 Å². The Labute approximate surface area is 193 Å². The Bertz CT molecular complexity index is 701. The van der Waals surface area contributed by atoms with Crippen LogP contribution in [0.1, 0.15) is 25.8 Å². The lowest BCUT2D eigenvalue weighted by Gasteiger charge is -2.28. The molecule has 0 spiro atoms. The number of guanidine groups is 1. The first-order chi connectivity index (χ1) is 15.6. The highest BCUT2D eigenvalue weighted by atomic mass is 16.5. The minimum Gasteiger partial charge on any atom is -0.497 e. The van der Waals surface area contributed by atoms with Crippen molar-refractivity contribution in [2.75, 3.05) is 73.2 Å². The maximum Gasteiger partial charge on any atom is 0.191 e. The number of nitrogens with one attached hydrogen (secondary N) is 2. The van der Waals surface area contributed by atoms with Crippen molar-refractivity contribution in [1.29, 1.82) is 0 Å². The highest BCUT2D eigenvalue weighted by molar-refractivity contribution is 5.80. The average Bonchev–Trinajstić information content (AvgIpc) is 3.24. The number of aliphatic imine (C=N–C) groups is 1. The van der Waals surface area contributed by atoms with Gasteiger partial charge in [-0.25, -0.2) is 0 Å². The van der Waals surface area contributed by atoms with E-state index in [0.717, 1.165) is 89.5 Å². The molecule has 0 amide bonds. The summed E-state index contributed by atoms with van der Waals surface area (Å²) >= 11 is 0. The van der Waals surface area contributed by atoms with Crippen molar-refractivity contribution < 1.29 is 14.2 Å². The lowest BCUT2D eigenvalue weighted by atomic mass is 10.1. The largest absolute Gasteiger partial charge is 0.497 e. The number of methoxy groups -OCH3 is 2. The van der Waals surface area contributed by atoms with Gasteiger partial charge in [0.1, 0.15) is 11.5 Å². The van der Waals surface area contributed by atoms with Crippen molar-refractivity contribution in [3.05, 3.63) is 23.8 Å². The van der Waals surface area contributed by atoms with Crippen LogP contribution in [0, 0.1) is 5.92 Å². The number of benzene rings is 1. The SMILES string of the molecule is CCNC(=NCC(C)CN1CCOCC1)NC1CCN(Cc2cc(OC)cc(OC)c2)C1. The standard InChI is InChI=1S/C24H41N5O3/c1-5-25-24(26-15-19(2)16-28-8-10-32-11-9-28)27-21-6-7-29(18-21)17-20-12-22(30-3)14-23(13-20)31-4/h12-14,19,21H,5-11,15-18H2,1-4H3,(H2,25,26,27). The van der Waals surface area contributed by atoms with Crippen LogP contribution in [0.3, 0.4) is 0 Å². The van der Waals surface area contributed by atoms with Gasteiger partial charge in [0.25, 0.3) is 0 Å². The second kappa shape index (κ2) is 12.9. The van der Waals surface area contributed by atoms with Gasteiger partial charge >= 0.3 is 0 Å². The van der Waals surface area contributed by atoms with E-state index in [2.05, 4.69) is 46.4 Å². The molecule has 1 aromatic rings. The van der Waals surface area contributed by atoms with Crippen LogP contribution in [0.25, 0.3) is 0 Å². The number of rotatable bonds is 10. The van der Waals surface area contributed by atoms with Crippen LogP contribution in [-0.4, -0.2) is 95.0 Å². The van der Waals surface area contributed by atoms with Gasteiger partial charge in [0.15, 0.2) is 5.96 Å². The monoisotopic (exact) mass is 447 g/mol. The molecule has 0 radical (unpaired) electrons. The van der Waals surface area contributed by atoms with E-state index >= 15 is 0 Å². The minimum atomic E-state index is 0.398. The first kappa shape index (κ1) is 24.6. The van der Waals surface area contributed by atoms with Crippen LogP contribution >= 0.6 is 0 Å². The first-order valence-electron chi connectivity index (χ1n) is 11.9. The van der Waals surface area contributed by atoms with Crippen molar-refractivity contribution in [3.63, 3.8) is 0 Å². The molecule has 8 nitrogen and oxygen atoms in total. The average molecular weight is 448 g/mol. The highest BCUT2D eigenvalue weighted by Crippen LogP contribution is 2.24. The van der Waals surface area contributed by atoms with Gasteiger partial charge in [0, 0.05) is 64.5 Å². The second-order valence-corrected chi connectivity index (χ2v) is 8.82. The van der Waals surface area contributed by atoms with Crippen molar-refractivity contribution in [2.45, 2.75) is 32.9 Å². The molecule has 0 saturated carbocycles. The molecule has 8 heteroatoms. The zero-order valence-electron chi connectivity index (χ0n) is 20.2. The van der Waals surface area contributed by atoms with Crippen LogP contribution < -0.4 is 20.1 Å². The summed E-state index contributed by atoms with van der Waals surface area (Å²) in [7, 11) is 3.38. The maximum absolute atomic E-state index is 5.45. The normalized spacial score (nSPS) is 21.4. The van der Waals surface area contributed by atoms with E-state index in [1.54, 1.807) is 14.2 Å². The number of nitrogens with zero attached hydrogens (tertiary/aromatic N) is 3. The summed E-state index contributed by atoms with van der Waals surface area (Å²) in [5.74, 6) is 3.12. The summed E-state index contributed by atoms with van der Waals surface area (Å²) in [6.45, 7) is 13.9. The summed E-state index contributed by atoms with van der Waals surface area (Å²) in [6, 6.07) is 6.49. The van der Waals surface area contributed by atoms with Crippen molar-refractivity contribution in [2.24, 2.45) is 10.9 Å². The van der Waals surface area contributed by atoms with Crippen molar-refractivity contribution in [1.82, 2.24) is 20.4 Å². The summed E-state index contributed by atoms with van der Waals surface area (Å²) in [5, 5.41) is 7.07. The molecule has 2 heterocycles. The Kier molecular flexibility index (Phi) is 9.89. The van der Waals surface area contributed by atoms with Crippen LogP contribution in [0.5, 0.6) is 11.5 Å². The number of hydrogen-bond acceptors (Lipinski definition) is 6. The van der Waals surface area contributed by atoms with Crippen LogP contribution in [0.4, 0.5) is 0 Å². The molecule has 2 atom stereocenters. The summed E-state index contributed by atoms with van der Waals surface area (Å²) in [6.07, 6.45) is 1.11. The third-order valence-corrected chi connectivity index (χ3v) is 6.01. The molecule has 2 N–H and O–H groups in total. The third kappa shape index (κ3) is 7.83. The van der Waals surface area contributed by atoms with Gasteiger partial charge in [-0.05, 0) is 37.0 Å². The Hall–Kier alpha value is -2.03. The Morgan fingerprint density at radius 2 is 1.84 bits per heavy atom. The Balaban J connectivity index is 1.48. The molecular formula is C24H41N5O3. The first-order valence-corrected chi connectivity index (χ1v) is 11.9. The molecule has 2 fully saturated rings. The molecule has 0 bridgehead atoms. The maximum atomic E-state index is 5.45. The fourth-order valence-electron chi connectivity index (χ4n) is 4.35. The van der Waals surface area contributed by atoms with Gasteiger partial charge in [-0.1, -0.05) is 6.92 Å². The molecule has 2 aliphatic rings. The zero-order chi connectivity index (χ0) is 22.8. The van der Waals surface area contributed by atoms with E-state index in [1.807, 2.05) is 6.07 Å². The summed E-state index contributed by atoms with van der Waals surface area (Å²) < 4.78 is 16.3. The lowest BCUT2D eigenvalue weighted by Crippen LogP contribution is -2.45. The van der Waals surface area contributed by atoms with E-state index in [-0.39, 0.29) is 0 Å². The van der Waals surface area contributed by atoms with Crippen LogP contribution in [0.15, 0.2) is 23.2 Å². The highest BCUT2D eigenvalue weighted by Gasteiger charge is 2.24. The van der Waals surface area contributed by atoms with Crippen molar-refractivity contribution >= 4 is 5.96 Å². The Morgan fingerprint density at radius 3 is 2.50 bits per heavy atom. The number of ether oxygens (including phenoxy) is 3. The fourth-order valence-corrected chi connectivity index (χ4v) is 4.35. The van der Waals surface area contributed by atoms with E-state index < -0.39 is 0 Å². The van der Waals surface area contributed by atoms with Crippen molar-refractivity contribution in [3.8, 4) is 11.5 Å². The molecule has 1 aromatic carbocycles. The smallest absolute Gasteiger partial charge is 0.191 e. The molecule has 180 valence electrons. The predicted molar refractivity (Wildman–Crippen MR) is 129 cm³/mol. The van der Waals surface area contributed by atoms with E-state index in [1.165, 1.54) is 5.56 Å². The molecule has 0 aromatic heterocycles. The number of morpholine rings is 1. The topological polar surface area (TPSA) is 70.6 Å². The quantitative estimate of drug-likeness (QED) is 0.419. The van der Waals surface area contributed by atoms with Gasteiger partial charge < -0.3 is 24.8 Å². The molecule has 2 unspecified atom stereocenters. The molecular weight excluding hydrogens is 406 g/mol. The third-order valence-electron chi connectivity index (χ3n) is 6.01. The van der Waals surface area contributed by atoms with E-state index in [9.17, 15) is 0 Å². The van der Waals surface area contributed by atoms with E-state index in [0.29, 0.717) is 12.0 Å². The minimum absolute atomic E-state index is 0.398. The zero-order valence-corrected chi connectivity index (χ0v) is 20.2. The second-order valence-electron chi connectivity index (χ2n) is 8.82. The fraction of sp³-hybridized carbons (Fsp3) is 0.708. The van der Waals surface area contributed by atoms with Gasteiger partial charge in [0.05, 0.1) is 27.4 Å². The predicted octanol–water partition coefficient (Wildman–Crippen LogP) is 1.80. The van der Waals surface area contributed by atoms with Crippen LogP contribution in [-0.2, 0) is 11.3 Å². The lowest BCUT2D eigenvalue weighted by molar-refractivity contribution is 0.0323. The molecule has 3 rings (SSSR count). The van der Waals surface area contributed by atoms with E-state index in [4.69, 9.17) is 19.2 Å². The number of hydrogen-bond donors (Lipinski definition) is 2. The summed E-state index contributed by atoms with van der Waals surface area (Å²) in [5.41, 5.74) is 1.21. The van der Waals surface area contributed by atoms with Crippen LogP contribution in [0.2, 0.25) is 0 Å². The van der Waals surface area contributed by atoms with Gasteiger partial charge in [-0.15, -0.1) is 0 Å². The molecule has 2 saturated heterocycles. The molecule has 32 heavy (non-hydrogen) atoms. The number of likely N-dealkylation sites (tertiary alicyclic amines) is 1. The molecule has 2 aliphatic heterocycles. The van der Waals surface area contributed by atoms with Gasteiger partial charge in [-0.2, -0.15) is 0 Å².